The fourth-order valence-corrected chi connectivity index (χ4v) is 4.36. The molecule has 1 saturated heterocycles. The van der Waals surface area contributed by atoms with Gasteiger partial charge < -0.3 is 10.2 Å². The fraction of sp³-hybridized carbons (Fsp3) is 0.632. The monoisotopic (exact) mass is 425 g/mol. The number of nitrogens with one attached hydrogen (secondary N) is 1. The van der Waals surface area contributed by atoms with Gasteiger partial charge in [0.15, 0.2) is 5.96 Å². The number of aryl methyl sites for hydroxylation is 1. The van der Waals surface area contributed by atoms with E-state index in [-0.39, 0.29) is 24.0 Å². The lowest BCUT2D eigenvalue weighted by atomic mass is 9.68. The van der Waals surface area contributed by atoms with E-state index in [9.17, 15) is 0 Å². The molecule has 1 aromatic carbocycles. The van der Waals surface area contributed by atoms with Crippen molar-refractivity contribution < 1.29 is 0 Å². The lowest BCUT2D eigenvalue weighted by Gasteiger charge is -2.38. The smallest absolute Gasteiger partial charge is 0.193 e. The zero-order chi connectivity index (χ0) is 15.2. The largest absolute Gasteiger partial charge is 0.353 e. The number of likely N-dealkylation sites (tertiary alicyclic amines) is 1. The average molecular weight is 425 g/mol. The van der Waals surface area contributed by atoms with Gasteiger partial charge in [-0.15, -0.1) is 24.0 Å². The lowest BCUT2D eigenvalue weighted by molar-refractivity contribution is 0.151. The molecule has 4 heteroatoms. The number of benzene rings is 1. The third kappa shape index (κ3) is 3.24. The fourth-order valence-electron chi connectivity index (χ4n) is 4.36. The highest BCUT2D eigenvalue weighted by atomic mass is 127. The van der Waals surface area contributed by atoms with Crippen molar-refractivity contribution in [1.82, 2.24) is 10.2 Å². The van der Waals surface area contributed by atoms with Crippen molar-refractivity contribution >= 4 is 29.9 Å². The highest BCUT2D eigenvalue weighted by Gasteiger charge is 2.45. The van der Waals surface area contributed by atoms with Gasteiger partial charge in [-0.1, -0.05) is 30.7 Å². The highest BCUT2D eigenvalue weighted by molar-refractivity contribution is 14.0. The van der Waals surface area contributed by atoms with Crippen LogP contribution in [0.1, 0.15) is 49.1 Å². The normalized spacial score (nSPS) is 28.3. The summed E-state index contributed by atoms with van der Waals surface area (Å²) in [5.41, 5.74) is 3.56. The van der Waals surface area contributed by atoms with Crippen LogP contribution in [0, 0.1) is 12.3 Å². The van der Waals surface area contributed by atoms with Crippen LogP contribution in [0.5, 0.6) is 0 Å². The number of hydrogen-bond acceptors (Lipinski definition) is 1. The molecule has 23 heavy (non-hydrogen) atoms. The van der Waals surface area contributed by atoms with E-state index >= 15 is 0 Å². The van der Waals surface area contributed by atoms with E-state index in [2.05, 4.69) is 46.4 Å². The maximum atomic E-state index is 4.56. The number of rotatable bonds is 2. The second-order valence-electron chi connectivity index (χ2n) is 7.52. The van der Waals surface area contributed by atoms with Gasteiger partial charge >= 0.3 is 0 Å². The molecular weight excluding hydrogens is 397 g/mol. The Bertz CT molecular complexity index is 594. The molecule has 2 saturated carbocycles. The maximum Gasteiger partial charge on any atom is 0.193 e. The predicted octanol–water partition coefficient (Wildman–Crippen LogP) is 3.92. The van der Waals surface area contributed by atoms with Crippen LogP contribution in [-0.2, 0) is 0 Å². The van der Waals surface area contributed by atoms with Gasteiger partial charge in [-0.25, -0.2) is 0 Å². The minimum atomic E-state index is 0. The Hall–Kier alpha value is -0.780. The van der Waals surface area contributed by atoms with Crippen LogP contribution in [-0.4, -0.2) is 37.0 Å². The summed E-state index contributed by atoms with van der Waals surface area (Å²) in [5.74, 6) is 1.79. The number of aliphatic imine (C=N–C) groups is 1. The molecule has 0 amide bonds. The number of nitrogens with zero attached hydrogens (tertiary/aromatic N) is 2. The summed E-state index contributed by atoms with van der Waals surface area (Å²) < 4.78 is 0. The number of hydrogen-bond donors (Lipinski definition) is 1. The van der Waals surface area contributed by atoms with Gasteiger partial charge in [0, 0.05) is 32.1 Å². The molecule has 0 radical (unpaired) electrons. The molecular formula is C19H28IN3. The number of guanidine groups is 1. The Morgan fingerprint density at radius 2 is 2.04 bits per heavy atom. The van der Waals surface area contributed by atoms with Gasteiger partial charge in [0.2, 0.25) is 0 Å². The van der Waals surface area contributed by atoms with E-state index in [1.54, 1.807) is 0 Å². The van der Waals surface area contributed by atoms with Crippen molar-refractivity contribution in [2.75, 3.05) is 20.1 Å². The average Bonchev–Trinajstić information content (AvgIpc) is 3.09. The van der Waals surface area contributed by atoms with Crippen molar-refractivity contribution in [2.24, 2.45) is 10.4 Å². The summed E-state index contributed by atoms with van der Waals surface area (Å²) in [6.45, 7) is 4.62. The Balaban J connectivity index is 0.00000156. The van der Waals surface area contributed by atoms with Crippen LogP contribution in [0.2, 0.25) is 0 Å². The van der Waals surface area contributed by atoms with Crippen molar-refractivity contribution in [3.8, 4) is 0 Å². The van der Waals surface area contributed by atoms with Gasteiger partial charge in [0.1, 0.15) is 0 Å². The summed E-state index contributed by atoms with van der Waals surface area (Å²) in [7, 11) is 1.93. The highest BCUT2D eigenvalue weighted by Crippen LogP contribution is 2.48. The molecule has 126 valence electrons. The third-order valence-electron chi connectivity index (χ3n) is 6.06. The minimum absolute atomic E-state index is 0. The van der Waals surface area contributed by atoms with Gasteiger partial charge in [0.05, 0.1) is 0 Å². The van der Waals surface area contributed by atoms with Gasteiger partial charge in [-0.2, -0.15) is 0 Å². The van der Waals surface area contributed by atoms with Gasteiger partial charge in [0.25, 0.3) is 0 Å². The minimum Gasteiger partial charge on any atom is -0.353 e. The quantitative estimate of drug-likeness (QED) is 0.442. The van der Waals surface area contributed by atoms with E-state index in [1.807, 2.05) is 7.05 Å². The lowest BCUT2D eigenvalue weighted by Crippen LogP contribution is -2.43. The second-order valence-corrected chi connectivity index (χ2v) is 7.52. The first-order chi connectivity index (χ1) is 10.7. The van der Waals surface area contributed by atoms with Crippen LogP contribution in [0.25, 0.3) is 0 Å². The van der Waals surface area contributed by atoms with Crippen LogP contribution < -0.4 is 5.32 Å². The van der Waals surface area contributed by atoms with Crippen molar-refractivity contribution in [1.29, 1.82) is 0 Å². The van der Waals surface area contributed by atoms with Crippen LogP contribution >= 0.6 is 24.0 Å². The predicted molar refractivity (Wildman–Crippen MR) is 107 cm³/mol. The van der Waals surface area contributed by atoms with Gasteiger partial charge in [-0.3, -0.25) is 4.99 Å². The van der Waals surface area contributed by atoms with Crippen molar-refractivity contribution in [3.63, 3.8) is 0 Å². The summed E-state index contributed by atoms with van der Waals surface area (Å²) in [6.07, 6.45) is 6.88. The molecule has 1 N–H and O–H groups in total. The molecule has 2 unspecified atom stereocenters. The first-order valence-corrected chi connectivity index (χ1v) is 8.75. The molecule has 0 bridgehead atoms. The topological polar surface area (TPSA) is 27.6 Å². The second kappa shape index (κ2) is 6.61. The molecule has 1 aromatic rings. The van der Waals surface area contributed by atoms with Crippen LogP contribution in [0.15, 0.2) is 29.3 Å². The zero-order valence-electron chi connectivity index (χ0n) is 14.2. The molecule has 0 aromatic heterocycles. The zero-order valence-corrected chi connectivity index (χ0v) is 16.5. The van der Waals surface area contributed by atoms with Gasteiger partial charge in [-0.05, 0) is 49.1 Å². The third-order valence-corrected chi connectivity index (χ3v) is 6.06. The molecule has 3 fully saturated rings. The summed E-state index contributed by atoms with van der Waals surface area (Å²) >= 11 is 0. The van der Waals surface area contributed by atoms with Crippen molar-refractivity contribution in [3.05, 3.63) is 35.4 Å². The summed E-state index contributed by atoms with van der Waals surface area (Å²) in [5, 5.41) is 3.72. The molecule has 3 nitrogen and oxygen atoms in total. The molecule has 2 atom stereocenters. The van der Waals surface area contributed by atoms with Crippen LogP contribution in [0.4, 0.5) is 0 Å². The van der Waals surface area contributed by atoms with E-state index in [0.29, 0.717) is 17.4 Å². The first kappa shape index (κ1) is 17.1. The molecule has 3 aliphatic rings. The molecule has 2 aliphatic carbocycles. The molecule has 1 heterocycles. The summed E-state index contributed by atoms with van der Waals surface area (Å²) in [4.78, 5) is 7.05. The van der Waals surface area contributed by atoms with E-state index in [4.69, 9.17) is 0 Å². The van der Waals surface area contributed by atoms with E-state index in [0.717, 1.165) is 5.96 Å². The Morgan fingerprint density at radius 3 is 2.65 bits per heavy atom. The van der Waals surface area contributed by atoms with Crippen LogP contribution in [0.3, 0.4) is 0 Å². The van der Waals surface area contributed by atoms with Crippen molar-refractivity contribution in [2.45, 2.75) is 51.0 Å². The van der Waals surface area contributed by atoms with E-state index < -0.39 is 0 Å². The SMILES string of the molecule is CN=C(NC1CC1c1ccccc1C)N1CCC2(CCC2)C1.I. The molecule has 1 aliphatic heterocycles. The standard InChI is InChI=1S/C19H27N3.HI/c1-14-6-3-4-7-15(14)16-12-17(16)21-18(20-2)22-11-10-19(13-22)8-5-9-19;/h3-4,6-7,16-17H,5,8-13H2,1-2H3,(H,20,21);1H. The molecule has 1 spiro atoms. The first-order valence-electron chi connectivity index (χ1n) is 8.75. The number of halogens is 1. The van der Waals surface area contributed by atoms with E-state index in [1.165, 1.54) is 56.3 Å². The maximum absolute atomic E-state index is 4.56. The molecule has 4 rings (SSSR count). The Labute approximate surface area is 157 Å². The Kier molecular flexibility index (Phi) is 4.90. The summed E-state index contributed by atoms with van der Waals surface area (Å²) in [6, 6.07) is 9.36. The Morgan fingerprint density at radius 1 is 1.26 bits per heavy atom.